The molecule has 2 aliphatic rings. The van der Waals surface area contributed by atoms with Gasteiger partial charge in [0.15, 0.2) is 0 Å². The highest BCUT2D eigenvalue weighted by Gasteiger charge is 2.42. The molecule has 2 heterocycles. The first-order valence-electron chi connectivity index (χ1n) is 14.4. The molecule has 6 rings (SSSR count). The van der Waals surface area contributed by atoms with Crippen molar-refractivity contribution >= 4 is 55.4 Å². The predicted octanol–water partition coefficient (Wildman–Crippen LogP) is 6.50. The summed E-state index contributed by atoms with van der Waals surface area (Å²) in [5.41, 5.74) is 2.60. The number of unbranched alkanes of at least 4 members (excludes halogenated alkanes) is 1. The van der Waals surface area contributed by atoms with Gasteiger partial charge >= 0.3 is 12.0 Å². The number of rotatable bonds is 8. The van der Waals surface area contributed by atoms with Crippen LogP contribution in [0.25, 0.3) is 21.5 Å². The maximum atomic E-state index is 11.9. The minimum Gasteiger partial charge on any atom is -0.481 e. The molecular weight excluding hydrogens is 585 g/mol. The summed E-state index contributed by atoms with van der Waals surface area (Å²) in [4.78, 5) is 21.4. The summed E-state index contributed by atoms with van der Waals surface area (Å²) in [7, 11) is -4.29. The van der Waals surface area contributed by atoms with Crippen LogP contribution < -0.4 is 10.6 Å². The van der Waals surface area contributed by atoms with Crippen molar-refractivity contribution in [2.24, 2.45) is 0 Å². The molecule has 4 atom stereocenters. The number of thioether (sulfide) groups is 1. The molecule has 43 heavy (non-hydrogen) atoms. The summed E-state index contributed by atoms with van der Waals surface area (Å²) in [6, 6.07) is 24.1. The van der Waals surface area contributed by atoms with Gasteiger partial charge in [0, 0.05) is 23.3 Å². The van der Waals surface area contributed by atoms with E-state index in [1.807, 2.05) is 55.9 Å². The molecule has 10 heteroatoms. The van der Waals surface area contributed by atoms with E-state index in [4.69, 9.17) is 5.11 Å². The van der Waals surface area contributed by atoms with Gasteiger partial charge in [0.05, 0.1) is 17.0 Å². The Morgan fingerprint density at radius 2 is 1.67 bits per heavy atom. The second-order valence-corrected chi connectivity index (χ2v) is 13.9. The molecule has 4 N–H and O–H groups in total. The lowest BCUT2D eigenvalue weighted by atomic mass is 9.88. The van der Waals surface area contributed by atoms with Crippen molar-refractivity contribution in [1.29, 1.82) is 0 Å². The Morgan fingerprint density at radius 3 is 2.40 bits per heavy atom. The molecule has 0 bridgehead atoms. The third-order valence-corrected chi connectivity index (χ3v) is 10.7. The number of benzene rings is 4. The van der Waals surface area contributed by atoms with Gasteiger partial charge in [-0.3, -0.25) is 9.35 Å². The SMILES string of the molecule is Cc1ccc(S(=O)(=O)O)c(C(C)c2cccc3cc4ccccc4cc23)c1.O=C(O)CCCC[C@@H]1SC[C@@H]2NC(=O)N[C@@H]21. The quantitative estimate of drug-likeness (QED) is 0.0765. The Balaban J connectivity index is 0.000000196. The molecule has 2 saturated heterocycles. The average molecular weight is 621 g/mol. The molecule has 2 aliphatic heterocycles. The number of urea groups is 1. The third-order valence-electron chi connectivity index (χ3n) is 8.22. The molecule has 2 amide bonds. The number of hydrogen-bond acceptors (Lipinski definition) is 5. The summed E-state index contributed by atoms with van der Waals surface area (Å²) in [5, 5.41) is 19.3. The van der Waals surface area contributed by atoms with Gasteiger partial charge in [-0.2, -0.15) is 20.2 Å². The topological polar surface area (TPSA) is 133 Å². The Kier molecular flexibility index (Phi) is 9.29. The number of carbonyl (C=O) groups excluding carboxylic acids is 1. The number of nitrogens with one attached hydrogen (secondary N) is 2. The Morgan fingerprint density at radius 1 is 0.953 bits per heavy atom. The van der Waals surface area contributed by atoms with E-state index >= 15 is 0 Å². The number of fused-ring (bicyclic) bond motifs is 3. The van der Waals surface area contributed by atoms with Crippen molar-refractivity contribution in [3.8, 4) is 0 Å². The maximum absolute atomic E-state index is 11.9. The fourth-order valence-corrected chi connectivity index (χ4v) is 8.36. The lowest BCUT2D eigenvalue weighted by Crippen LogP contribution is -2.36. The number of aliphatic carboxylic acids is 1. The lowest BCUT2D eigenvalue weighted by Gasteiger charge is -2.19. The van der Waals surface area contributed by atoms with Crippen LogP contribution in [0.3, 0.4) is 0 Å². The fourth-order valence-electron chi connectivity index (χ4n) is 6.04. The average Bonchev–Trinajstić information content (AvgIpc) is 3.52. The Bertz CT molecular complexity index is 1770. The Hall–Kier alpha value is -3.60. The van der Waals surface area contributed by atoms with Gasteiger partial charge in [-0.05, 0) is 70.6 Å². The molecule has 0 saturated carbocycles. The molecule has 4 aromatic carbocycles. The number of aryl methyl sites for hydroxylation is 1. The van der Waals surface area contributed by atoms with E-state index in [1.54, 1.807) is 6.07 Å². The van der Waals surface area contributed by atoms with Crippen LogP contribution in [-0.2, 0) is 14.9 Å². The molecule has 226 valence electrons. The first-order chi connectivity index (χ1) is 20.5. The van der Waals surface area contributed by atoms with Gasteiger partial charge in [0.1, 0.15) is 0 Å². The van der Waals surface area contributed by atoms with Gasteiger partial charge in [-0.15, -0.1) is 0 Å². The standard InChI is InChI=1S/C23H20O3S.C10H16N2O3S/c1-15-10-11-23(27(24,25)26)21(12-15)16(2)20-9-5-8-19-13-17-6-3-4-7-18(17)14-22(19)20;13-8(14)4-2-1-3-7-9-6(5-16-7)11-10(15)12-9/h3-14,16H,1-2H3,(H,24,25,26);6-7,9H,1-5H2,(H,13,14)(H2,11,12,15)/t;6-,7-,9-/m.0/s1. The highest BCUT2D eigenvalue weighted by molar-refractivity contribution is 8.00. The van der Waals surface area contributed by atoms with Crippen molar-refractivity contribution in [1.82, 2.24) is 10.6 Å². The first-order valence-corrected chi connectivity index (χ1v) is 16.9. The number of carboxylic acid groups (broad SMARTS) is 1. The zero-order valence-electron chi connectivity index (χ0n) is 24.1. The minimum absolute atomic E-state index is 0.0293. The Labute approximate surface area is 256 Å². The van der Waals surface area contributed by atoms with Gasteiger partial charge in [0.2, 0.25) is 0 Å². The lowest BCUT2D eigenvalue weighted by molar-refractivity contribution is -0.137. The van der Waals surface area contributed by atoms with E-state index < -0.39 is 16.1 Å². The van der Waals surface area contributed by atoms with Crippen LogP contribution in [0.1, 0.15) is 55.2 Å². The number of carboxylic acids is 1. The van der Waals surface area contributed by atoms with Gasteiger partial charge in [0.25, 0.3) is 10.1 Å². The van der Waals surface area contributed by atoms with Crippen molar-refractivity contribution in [2.45, 2.75) is 67.7 Å². The van der Waals surface area contributed by atoms with E-state index in [-0.39, 0.29) is 35.3 Å². The van der Waals surface area contributed by atoms with E-state index in [2.05, 4.69) is 41.0 Å². The zero-order valence-corrected chi connectivity index (χ0v) is 25.8. The molecule has 2 fully saturated rings. The van der Waals surface area contributed by atoms with Crippen LogP contribution in [0.2, 0.25) is 0 Å². The van der Waals surface area contributed by atoms with Crippen LogP contribution in [0.4, 0.5) is 4.79 Å². The molecule has 4 aromatic rings. The monoisotopic (exact) mass is 620 g/mol. The maximum Gasteiger partial charge on any atom is 0.315 e. The van der Waals surface area contributed by atoms with Gasteiger partial charge in [-0.25, -0.2) is 4.79 Å². The summed E-state index contributed by atoms with van der Waals surface area (Å²) in [6.07, 6.45) is 2.88. The van der Waals surface area contributed by atoms with E-state index in [1.165, 1.54) is 11.5 Å². The molecular formula is C33H36N2O6S2. The van der Waals surface area contributed by atoms with Gasteiger partial charge in [-0.1, -0.05) is 73.5 Å². The predicted molar refractivity (Wildman–Crippen MR) is 172 cm³/mol. The summed E-state index contributed by atoms with van der Waals surface area (Å²) >= 11 is 1.87. The van der Waals surface area contributed by atoms with Crippen LogP contribution in [0.15, 0.2) is 77.7 Å². The number of amides is 2. The molecule has 0 aromatic heterocycles. The second kappa shape index (κ2) is 13.0. The molecule has 0 radical (unpaired) electrons. The van der Waals surface area contributed by atoms with E-state index in [0.29, 0.717) is 10.8 Å². The largest absolute Gasteiger partial charge is 0.481 e. The number of hydrogen-bond donors (Lipinski definition) is 4. The summed E-state index contributed by atoms with van der Waals surface area (Å²) < 4.78 is 33.5. The molecule has 1 unspecified atom stereocenters. The number of carbonyl (C=O) groups is 2. The molecule has 0 spiro atoms. The normalized spacial score (nSPS) is 20.2. The third kappa shape index (κ3) is 7.14. The van der Waals surface area contributed by atoms with Crippen molar-refractivity contribution in [2.75, 3.05) is 5.75 Å². The first kappa shape index (κ1) is 30.8. The van der Waals surface area contributed by atoms with Crippen LogP contribution in [-0.4, -0.2) is 53.2 Å². The van der Waals surface area contributed by atoms with E-state index in [9.17, 15) is 22.6 Å². The summed E-state index contributed by atoms with van der Waals surface area (Å²) in [5.74, 6) is 0.0481. The van der Waals surface area contributed by atoms with Crippen molar-refractivity contribution < 1.29 is 27.7 Å². The molecule has 8 nitrogen and oxygen atoms in total. The van der Waals surface area contributed by atoms with Crippen LogP contribution >= 0.6 is 11.8 Å². The smallest absolute Gasteiger partial charge is 0.315 e. The molecule has 0 aliphatic carbocycles. The highest BCUT2D eigenvalue weighted by atomic mass is 32.2. The van der Waals surface area contributed by atoms with Crippen molar-refractivity contribution in [3.63, 3.8) is 0 Å². The van der Waals surface area contributed by atoms with Crippen LogP contribution in [0, 0.1) is 6.92 Å². The van der Waals surface area contributed by atoms with Crippen LogP contribution in [0.5, 0.6) is 0 Å². The summed E-state index contributed by atoms with van der Waals surface area (Å²) in [6.45, 7) is 3.90. The highest BCUT2D eigenvalue weighted by Crippen LogP contribution is 2.36. The fraction of sp³-hybridized carbons (Fsp3) is 0.333. The zero-order chi connectivity index (χ0) is 30.7. The van der Waals surface area contributed by atoms with E-state index in [0.717, 1.165) is 52.3 Å². The van der Waals surface area contributed by atoms with Gasteiger partial charge < -0.3 is 15.7 Å². The van der Waals surface area contributed by atoms with Crippen molar-refractivity contribution in [3.05, 3.63) is 89.5 Å². The second-order valence-electron chi connectivity index (χ2n) is 11.3. The minimum atomic E-state index is -4.29.